The number of nitrogens with one attached hydrogen (secondary N) is 1. The highest BCUT2D eigenvalue weighted by Crippen LogP contribution is 2.29. The Kier molecular flexibility index (Phi) is 4.67. The van der Waals surface area contributed by atoms with Crippen LogP contribution in [0.4, 0.5) is 20.2 Å². The van der Waals surface area contributed by atoms with Gasteiger partial charge in [-0.25, -0.2) is 8.78 Å². The largest absolute Gasteiger partial charge is 0.355 e. The Morgan fingerprint density at radius 2 is 0.926 bits per heavy atom. The van der Waals surface area contributed by atoms with E-state index in [1.165, 1.54) is 12.1 Å². The van der Waals surface area contributed by atoms with Crippen LogP contribution >= 0.6 is 0 Å². The molecular weight excluding hydrogens is 340 g/mol. The van der Waals surface area contributed by atoms with Gasteiger partial charge < -0.3 is 5.32 Å². The third-order valence-corrected chi connectivity index (χ3v) is 4.38. The molecule has 3 heteroatoms. The van der Waals surface area contributed by atoms with Crippen LogP contribution in [0.2, 0.25) is 0 Å². The third kappa shape index (κ3) is 3.72. The lowest BCUT2D eigenvalue weighted by Gasteiger charge is -2.11. The van der Waals surface area contributed by atoms with Crippen LogP contribution in [0, 0.1) is 11.6 Å². The lowest BCUT2D eigenvalue weighted by molar-refractivity contribution is 0.631. The number of hydrogen-bond donors (Lipinski definition) is 1. The normalized spacial score (nSPS) is 10.6. The smallest absolute Gasteiger partial charge is 0.131 e. The van der Waals surface area contributed by atoms with E-state index in [0.717, 1.165) is 22.5 Å². The molecule has 27 heavy (non-hydrogen) atoms. The van der Waals surface area contributed by atoms with Crippen molar-refractivity contribution in [2.45, 2.75) is 0 Å². The van der Waals surface area contributed by atoms with E-state index in [1.807, 2.05) is 60.7 Å². The second kappa shape index (κ2) is 7.42. The SMILES string of the molecule is Fc1ccccc1-c1cccc(Nc2cccc(-c3ccccc3F)c2)c1. The highest BCUT2D eigenvalue weighted by atomic mass is 19.1. The first-order chi connectivity index (χ1) is 13.2. The average molecular weight is 357 g/mol. The van der Waals surface area contributed by atoms with Crippen LogP contribution in [-0.4, -0.2) is 0 Å². The van der Waals surface area contributed by atoms with E-state index >= 15 is 0 Å². The van der Waals surface area contributed by atoms with E-state index in [-0.39, 0.29) is 11.6 Å². The fourth-order valence-electron chi connectivity index (χ4n) is 3.09. The zero-order valence-electron chi connectivity index (χ0n) is 14.5. The summed E-state index contributed by atoms with van der Waals surface area (Å²) < 4.78 is 28.1. The maximum absolute atomic E-state index is 14.1. The number of benzene rings is 4. The molecule has 0 atom stereocenters. The van der Waals surface area contributed by atoms with Crippen LogP contribution in [0.5, 0.6) is 0 Å². The quantitative estimate of drug-likeness (QED) is 0.413. The van der Waals surface area contributed by atoms with Crippen molar-refractivity contribution in [2.24, 2.45) is 0 Å². The van der Waals surface area contributed by atoms with E-state index in [2.05, 4.69) is 5.32 Å². The summed E-state index contributed by atoms with van der Waals surface area (Å²) in [6, 6.07) is 28.5. The second-order valence-corrected chi connectivity index (χ2v) is 6.25. The van der Waals surface area contributed by atoms with Crippen LogP contribution in [0.25, 0.3) is 22.3 Å². The molecule has 4 rings (SSSR count). The summed E-state index contributed by atoms with van der Waals surface area (Å²) in [7, 11) is 0. The molecule has 0 saturated carbocycles. The Hall–Kier alpha value is -3.46. The van der Waals surface area contributed by atoms with Crippen molar-refractivity contribution in [1.82, 2.24) is 0 Å². The van der Waals surface area contributed by atoms with Gasteiger partial charge in [0.1, 0.15) is 11.6 Å². The zero-order valence-corrected chi connectivity index (χ0v) is 14.5. The predicted octanol–water partition coefficient (Wildman–Crippen LogP) is 7.04. The molecule has 0 radical (unpaired) electrons. The summed E-state index contributed by atoms with van der Waals surface area (Å²) in [4.78, 5) is 0. The number of rotatable bonds is 4. The first kappa shape index (κ1) is 17.0. The van der Waals surface area contributed by atoms with Crippen molar-refractivity contribution < 1.29 is 8.78 Å². The van der Waals surface area contributed by atoms with Gasteiger partial charge in [0.05, 0.1) is 0 Å². The van der Waals surface area contributed by atoms with Crippen molar-refractivity contribution in [3.63, 3.8) is 0 Å². The lowest BCUT2D eigenvalue weighted by Crippen LogP contribution is -1.92. The molecule has 0 unspecified atom stereocenters. The van der Waals surface area contributed by atoms with Crippen molar-refractivity contribution in [3.05, 3.63) is 109 Å². The molecule has 0 bridgehead atoms. The molecule has 4 aromatic rings. The minimum Gasteiger partial charge on any atom is -0.355 e. The second-order valence-electron chi connectivity index (χ2n) is 6.25. The summed E-state index contributed by atoms with van der Waals surface area (Å²) in [5.41, 5.74) is 4.37. The van der Waals surface area contributed by atoms with Gasteiger partial charge in [0.15, 0.2) is 0 Å². The van der Waals surface area contributed by atoms with E-state index in [4.69, 9.17) is 0 Å². The van der Waals surface area contributed by atoms with Gasteiger partial charge >= 0.3 is 0 Å². The average Bonchev–Trinajstić information content (AvgIpc) is 2.69. The van der Waals surface area contributed by atoms with Gasteiger partial charge in [0.2, 0.25) is 0 Å². The predicted molar refractivity (Wildman–Crippen MR) is 107 cm³/mol. The van der Waals surface area contributed by atoms with Gasteiger partial charge in [0, 0.05) is 22.5 Å². The van der Waals surface area contributed by atoms with E-state index in [9.17, 15) is 8.78 Å². The molecule has 0 aliphatic heterocycles. The highest BCUT2D eigenvalue weighted by Gasteiger charge is 2.07. The van der Waals surface area contributed by atoms with Crippen LogP contribution in [-0.2, 0) is 0 Å². The Bertz CT molecular complexity index is 1000. The molecule has 0 amide bonds. The van der Waals surface area contributed by atoms with Gasteiger partial charge in [-0.3, -0.25) is 0 Å². The molecule has 0 aromatic heterocycles. The molecular formula is C24H17F2N. The molecule has 0 fully saturated rings. The summed E-state index contributed by atoms with van der Waals surface area (Å²) in [6.45, 7) is 0. The monoisotopic (exact) mass is 357 g/mol. The van der Waals surface area contributed by atoms with Gasteiger partial charge in [-0.05, 0) is 47.5 Å². The summed E-state index contributed by atoms with van der Waals surface area (Å²) in [6.07, 6.45) is 0. The van der Waals surface area contributed by atoms with E-state index in [0.29, 0.717) is 11.1 Å². The summed E-state index contributed by atoms with van der Waals surface area (Å²) in [5, 5.41) is 3.32. The standard InChI is InChI=1S/C24H17F2N/c25-23-13-3-1-11-21(23)17-7-5-9-19(15-17)27-20-10-6-8-18(16-20)22-12-2-4-14-24(22)26/h1-16,27H. The van der Waals surface area contributed by atoms with E-state index in [1.54, 1.807) is 24.3 Å². The van der Waals surface area contributed by atoms with Crippen molar-refractivity contribution >= 4 is 11.4 Å². The molecule has 132 valence electrons. The first-order valence-corrected chi connectivity index (χ1v) is 8.68. The van der Waals surface area contributed by atoms with Crippen LogP contribution in [0.15, 0.2) is 97.1 Å². The molecule has 1 nitrogen and oxygen atoms in total. The molecule has 0 spiro atoms. The Morgan fingerprint density at radius 3 is 1.37 bits per heavy atom. The van der Waals surface area contributed by atoms with Gasteiger partial charge in [0.25, 0.3) is 0 Å². The molecule has 1 N–H and O–H groups in total. The van der Waals surface area contributed by atoms with Crippen molar-refractivity contribution in [1.29, 1.82) is 0 Å². The Labute approximate surface area is 156 Å². The topological polar surface area (TPSA) is 12.0 Å². The zero-order chi connectivity index (χ0) is 18.6. The Morgan fingerprint density at radius 1 is 0.481 bits per heavy atom. The fourth-order valence-corrected chi connectivity index (χ4v) is 3.09. The van der Waals surface area contributed by atoms with Crippen molar-refractivity contribution in [2.75, 3.05) is 5.32 Å². The number of halogens is 2. The summed E-state index contributed by atoms with van der Waals surface area (Å²) >= 11 is 0. The first-order valence-electron chi connectivity index (χ1n) is 8.68. The maximum Gasteiger partial charge on any atom is 0.131 e. The third-order valence-electron chi connectivity index (χ3n) is 4.38. The van der Waals surface area contributed by atoms with Crippen LogP contribution in [0.1, 0.15) is 0 Å². The number of anilines is 2. The number of hydrogen-bond acceptors (Lipinski definition) is 1. The van der Waals surface area contributed by atoms with Crippen molar-refractivity contribution in [3.8, 4) is 22.3 Å². The van der Waals surface area contributed by atoms with E-state index < -0.39 is 0 Å². The minimum absolute atomic E-state index is 0.254. The molecule has 4 aromatic carbocycles. The van der Waals surface area contributed by atoms with Crippen LogP contribution < -0.4 is 5.32 Å². The van der Waals surface area contributed by atoms with Gasteiger partial charge in [-0.1, -0.05) is 60.7 Å². The van der Waals surface area contributed by atoms with Crippen LogP contribution in [0.3, 0.4) is 0 Å². The summed E-state index contributed by atoms with van der Waals surface area (Å²) in [5.74, 6) is -0.507. The Balaban J connectivity index is 1.64. The maximum atomic E-state index is 14.1. The molecule has 0 saturated heterocycles. The lowest BCUT2D eigenvalue weighted by atomic mass is 10.0. The highest BCUT2D eigenvalue weighted by molar-refractivity contribution is 5.74. The minimum atomic E-state index is -0.254. The van der Waals surface area contributed by atoms with Gasteiger partial charge in [-0.15, -0.1) is 0 Å². The molecule has 0 aliphatic carbocycles. The van der Waals surface area contributed by atoms with Gasteiger partial charge in [-0.2, -0.15) is 0 Å². The molecule has 0 aliphatic rings. The fraction of sp³-hybridized carbons (Fsp3) is 0. The molecule has 0 heterocycles.